The van der Waals surface area contributed by atoms with Crippen LogP contribution in [0.2, 0.25) is 10.0 Å². The van der Waals surface area contributed by atoms with Crippen molar-refractivity contribution in [2.75, 3.05) is 19.0 Å². The Morgan fingerprint density at radius 1 is 1.08 bits per heavy atom. The summed E-state index contributed by atoms with van der Waals surface area (Å²) in [5.74, 6) is -2.17. The standard InChI is InChI=1S/C18H16Cl2N2O3/c1-22(2)13-6-3-11(4-7-13)9-16(18(24)25)21-17(23)14-8-5-12(19)10-15(14)20/h3-10H,1-2H3,(H,21,23)(H,24,25)/p-1/b16-9-. The van der Waals surface area contributed by atoms with Gasteiger partial charge in [-0.2, -0.15) is 0 Å². The molecule has 25 heavy (non-hydrogen) atoms. The van der Waals surface area contributed by atoms with Crippen molar-refractivity contribution in [3.63, 3.8) is 0 Å². The van der Waals surface area contributed by atoms with Crippen LogP contribution < -0.4 is 15.3 Å². The fraction of sp³-hybridized carbons (Fsp3) is 0.111. The smallest absolute Gasteiger partial charge is 0.257 e. The highest BCUT2D eigenvalue weighted by molar-refractivity contribution is 6.36. The van der Waals surface area contributed by atoms with Gasteiger partial charge in [-0.15, -0.1) is 0 Å². The average molecular weight is 378 g/mol. The SMILES string of the molecule is CN(C)c1ccc(/C=C(\NC(=O)c2ccc(Cl)cc2Cl)C(=O)[O-])cc1. The maximum Gasteiger partial charge on any atom is 0.257 e. The van der Waals surface area contributed by atoms with E-state index >= 15 is 0 Å². The van der Waals surface area contributed by atoms with Crippen LogP contribution in [0.1, 0.15) is 15.9 Å². The van der Waals surface area contributed by atoms with E-state index in [1.54, 1.807) is 12.1 Å². The second kappa shape index (κ2) is 8.05. The van der Waals surface area contributed by atoms with Crippen molar-refractivity contribution in [1.82, 2.24) is 5.32 Å². The van der Waals surface area contributed by atoms with Gasteiger partial charge in [-0.3, -0.25) is 4.79 Å². The molecule has 0 saturated carbocycles. The Hall–Kier alpha value is -2.50. The Morgan fingerprint density at radius 2 is 1.72 bits per heavy atom. The van der Waals surface area contributed by atoms with Crippen LogP contribution in [0.25, 0.3) is 6.08 Å². The highest BCUT2D eigenvalue weighted by Crippen LogP contribution is 2.21. The molecule has 0 heterocycles. The number of nitrogens with one attached hydrogen (secondary N) is 1. The molecule has 0 saturated heterocycles. The van der Waals surface area contributed by atoms with Gasteiger partial charge in [0.2, 0.25) is 0 Å². The van der Waals surface area contributed by atoms with Crippen LogP contribution in [0.4, 0.5) is 5.69 Å². The Bertz CT molecular complexity index is 831. The fourth-order valence-corrected chi connectivity index (χ4v) is 2.54. The third-order valence-electron chi connectivity index (χ3n) is 3.36. The molecule has 0 atom stereocenters. The maximum atomic E-state index is 12.2. The number of amides is 1. The molecule has 0 radical (unpaired) electrons. The number of rotatable bonds is 5. The number of aliphatic carboxylic acids is 1. The second-order valence-corrected chi connectivity index (χ2v) is 6.25. The van der Waals surface area contributed by atoms with Gasteiger partial charge in [0.1, 0.15) is 0 Å². The first-order valence-corrected chi connectivity index (χ1v) is 8.00. The Balaban J connectivity index is 2.25. The van der Waals surface area contributed by atoms with Crippen LogP contribution in [0.5, 0.6) is 0 Å². The summed E-state index contributed by atoms with van der Waals surface area (Å²) in [6.45, 7) is 0. The van der Waals surface area contributed by atoms with Gasteiger partial charge in [0, 0.05) is 24.8 Å². The maximum absolute atomic E-state index is 12.2. The molecule has 0 aliphatic carbocycles. The zero-order chi connectivity index (χ0) is 18.6. The zero-order valence-corrected chi connectivity index (χ0v) is 15.1. The van der Waals surface area contributed by atoms with Gasteiger partial charge >= 0.3 is 0 Å². The van der Waals surface area contributed by atoms with Gasteiger partial charge in [-0.05, 0) is 42.0 Å². The van der Waals surface area contributed by atoms with E-state index in [2.05, 4.69) is 5.32 Å². The van der Waals surface area contributed by atoms with Crippen molar-refractivity contribution in [3.05, 3.63) is 69.3 Å². The van der Waals surface area contributed by atoms with Crippen LogP contribution in [-0.4, -0.2) is 26.0 Å². The van der Waals surface area contributed by atoms with Crippen molar-refractivity contribution in [1.29, 1.82) is 0 Å². The second-order valence-electron chi connectivity index (χ2n) is 5.41. The Labute approximate surface area is 155 Å². The highest BCUT2D eigenvalue weighted by Gasteiger charge is 2.13. The molecule has 0 aromatic heterocycles. The number of benzene rings is 2. The zero-order valence-electron chi connectivity index (χ0n) is 13.5. The van der Waals surface area contributed by atoms with Crippen molar-refractivity contribution in [2.24, 2.45) is 0 Å². The molecule has 2 rings (SSSR count). The molecule has 2 aromatic rings. The molecule has 1 N–H and O–H groups in total. The molecule has 0 aliphatic rings. The number of carbonyl (C=O) groups excluding carboxylic acids is 2. The first kappa shape index (κ1) is 18.8. The summed E-state index contributed by atoms with van der Waals surface area (Å²) in [5.41, 5.74) is 1.31. The number of carboxylic acids is 1. The van der Waals surface area contributed by atoms with Gasteiger partial charge < -0.3 is 20.1 Å². The lowest BCUT2D eigenvalue weighted by molar-refractivity contribution is -0.299. The van der Waals surface area contributed by atoms with Crippen LogP contribution in [0, 0.1) is 0 Å². The Kier molecular flexibility index (Phi) is 6.07. The normalized spacial score (nSPS) is 11.1. The van der Waals surface area contributed by atoms with E-state index in [-0.39, 0.29) is 16.3 Å². The molecule has 0 fully saturated rings. The van der Waals surface area contributed by atoms with E-state index in [0.29, 0.717) is 10.6 Å². The fourth-order valence-electron chi connectivity index (χ4n) is 2.04. The van der Waals surface area contributed by atoms with Crippen LogP contribution in [0.15, 0.2) is 48.2 Å². The predicted octanol–water partition coefficient (Wildman–Crippen LogP) is 2.58. The van der Waals surface area contributed by atoms with Crippen molar-refractivity contribution in [2.45, 2.75) is 0 Å². The molecule has 1 amide bonds. The van der Waals surface area contributed by atoms with Crippen molar-refractivity contribution in [3.8, 4) is 0 Å². The molecule has 130 valence electrons. The minimum atomic E-state index is -1.50. The number of hydrogen-bond donors (Lipinski definition) is 1. The van der Waals surface area contributed by atoms with E-state index in [4.69, 9.17) is 23.2 Å². The average Bonchev–Trinajstić information content (AvgIpc) is 2.54. The van der Waals surface area contributed by atoms with Crippen LogP contribution in [0.3, 0.4) is 0 Å². The minimum absolute atomic E-state index is 0.112. The van der Waals surface area contributed by atoms with E-state index in [1.165, 1.54) is 24.3 Å². The number of anilines is 1. The molecular weight excluding hydrogens is 363 g/mol. The van der Waals surface area contributed by atoms with Crippen molar-refractivity contribution >= 4 is 46.8 Å². The predicted molar refractivity (Wildman–Crippen MR) is 97.7 cm³/mol. The first-order chi connectivity index (χ1) is 11.8. The molecule has 7 heteroatoms. The summed E-state index contributed by atoms with van der Waals surface area (Å²) >= 11 is 11.7. The van der Waals surface area contributed by atoms with Crippen LogP contribution >= 0.6 is 23.2 Å². The quantitative estimate of drug-likeness (QED) is 0.812. The van der Waals surface area contributed by atoms with Gasteiger partial charge in [-0.1, -0.05) is 35.3 Å². The Morgan fingerprint density at radius 3 is 2.24 bits per heavy atom. The summed E-state index contributed by atoms with van der Waals surface area (Å²) < 4.78 is 0. The van der Waals surface area contributed by atoms with Gasteiger partial charge in [0.05, 0.1) is 22.3 Å². The highest BCUT2D eigenvalue weighted by atomic mass is 35.5. The summed E-state index contributed by atoms with van der Waals surface area (Å²) in [4.78, 5) is 25.5. The molecule has 2 aromatic carbocycles. The van der Waals surface area contributed by atoms with E-state index < -0.39 is 11.9 Å². The molecule has 0 unspecified atom stereocenters. The van der Waals surface area contributed by atoms with Crippen molar-refractivity contribution < 1.29 is 14.7 Å². The summed E-state index contributed by atoms with van der Waals surface area (Å²) in [6.07, 6.45) is 1.32. The van der Waals surface area contributed by atoms with Gasteiger partial charge in [-0.25, -0.2) is 0 Å². The number of nitrogens with zero attached hydrogens (tertiary/aromatic N) is 1. The molecule has 0 bridgehead atoms. The molecule has 5 nitrogen and oxygen atoms in total. The topological polar surface area (TPSA) is 72.5 Å². The summed E-state index contributed by atoms with van der Waals surface area (Å²) in [6, 6.07) is 11.4. The van der Waals surface area contributed by atoms with Gasteiger partial charge in [0.15, 0.2) is 0 Å². The van der Waals surface area contributed by atoms with E-state index in [1.807, 2.05) is 31.1 Å². The number of halogens is 2. The van der Waals surface area contributed by atoms with Gasteiger partial charge in [0.25, 0.3) is 5.91 Å². The number of carboxylic acid groups (broad SMARTS) is 1. The minimum Gasteiger partial charge on any atom is -0.543 e. The number of hydrogen-bond acceptors (Lipinski definition) is 4. The largest absolute Gasteiger partial charge is 0.543 e. The van der Waals surface area contributed by atoms with E-state index in [0.717, 1.165) is 5.69 Å². The number of carbonyl (C=O) groups is 2. The lowest BCUT2D eigenvalue weighted by atomic mass is 10.1. The third kappa shape index (κ3) is 4.98. The molecule has 0 aliphatic heterocycles. The summed E-state index contributed by atoms with van der Waals surface area (Å²) in [5, 5.41) is 14.1. The van der Waals surface area contributed by atoms with Crippen LogP contribution in [-0.2, 0) is 4.79 Å². The first-order valence-electron chi connectivity index (χ1n) is 7.25. The monoisotopic (exact) mass is 377 g/mol. The third-order valence-corrected chi connectivity index (χ3v) is 3.91. The van der Waals surface area contributed by atoms with E-state index in [9.17, 15) is 14.7 Å². The molecule has 0 spiro atoms. The summed E-state index contributed by atoms with van der Waals surface area (Å²) in [7, 11) is 3.79. The lowest BCUT2D eigenvalue weighted by Crippen LogP contribution is -2.35. The molecular formula is C18H15Cl2N2O3-. The lowest BCUT2D eigenvalue weighted by Gasteiger charge is -2.14.